The first kappa shape index (κ1) is 19.7. The van der Waals surface area contributed by atoms with Crippen LogP contribution >= 0.6 is 0 Å². The molecule has 1 aliphatic heterocycles. The minimum absolute atomic E-state index is 0.0644. The molecule has 0 atom stereocenters. The first-order chi connectivity index (χ1) is 13.5. The number of methoxy groups -OCH3 is 2. The Morgan fingerprint density at radius 2 is 1.71 bits per heavy atom. The first-order valence-corrected chi connectivity index (χ1v) is 9.24. The van der Waals surface area contributed by atoms with Crippen molar-refractivity contribution in [2.75, 3.05) is 39.3 Å². The largest absolute Gasteiger partial charge is 0.497 e. The van der Waals surface area contributed by atoms with Gasteiger partial charge in [-0.1, -0.05) is 0 Å². The molecule has 3 rings (SSSR count). The third-order valence-corrected chi connectivity index (χ3v) is 5.11. The average molecular weight is 383 g/mol. The molecule has 28 heavy (non-hydrogen) atoms. The topological polar surface area (TPSA) is 72.0 Å². The zero-order valence-corrected chi connectivity index (χ0v) is 16.4. The van der Waals surface area contributed by atoms with Crippen LogP contribution in [0.15, 0.2) is 42.6 Å². The highest BCUT2D eigenvalue weighted by Gasteiger charge is 2.29. The SMILES string of the molecule is COc1ccc(C(=O)C2CCN(C(=O)N(C)c3ccc(OC)nc3)CC2)cc1. The number of Topliss-reactive ketones (excluding diaryl/α,β-unsaturated/α-hetero) is 1. The van der Waals surface area contributed by atoms with Crippen molar-refractivity contribution >= 4 is 17.5 Å². The van der Waals surface area contributed by atoms with E-state index >= 15 is 0 Å². The molecular weight excluding hydrogens is 358 g/mol. The van der Waals surface area contributed by atoms with Crippen LogP contribution in [0.1, 0.15) is 23.2 Å². The van der Waals surface area contributed by atoms with Crippen molar-refractivity contribution in [3.8, 4) is 11.6 Å². The lowest BCUT2D eigenvalue weighted by Crippen LogP contribution is -2.46. The van der Waals surface area contributed by atoms with Gasteiger partial charge in [0, 0.05) is 37.7 Å². The van der Waals surface area contributed by atoms with Crippen LogP contribution in [0.5, 0.6) is 11.6 Å². The summed E-state index contributed by atoms with van der Waals surface area (Å²) in [5.41, 5.74) is 1.38. The summed E-state index contributed by atoms with van der Waals surface area (Å²) >= 11 is 0. The summed E-state index contributed by atoms with van der Waals surface area (Å²) in [5, 5.41) is 0. The normalized spacial score (nSPS) is 14.5. The van der Waals surface area contributed by atoms with Crippen molar-refractivity contribution in [1.29, 1.82) is 0 Å². The number of rotatable bonds is 5. The summed E-state index contributed by atoms with van der Waals surface area (Å²) in [5.74, 6) is 1.29. The van der Waals surface area contributed by atoms with Crippen molar-refractivity contribution in [1.82, 2.24) is 9.88 Å². The zero-order valence-electron chi connectivity index (χ0n) is 16.4. The van der Waals surface area contributed by atoms with Gasteiger partial charge in [0.25, 0.3) is 0 Å². The number of piperidine rings is 1. The van der Waals surface area contributed by atoms with E-state index in [4.69, 9.17) is 9.47 Å². The number of hydrogen-bond acceptors (Lipinski definition) is 5. The number of carbonyl (C=O) groups excluding carboxylic acids is 2. The smallest absolute Gasteiger partial charge is 0.324 e. The van der Waals surface area contributed by atoms with Gasteiger partial charge in [-0.2, -0.15) is 0 Å². The summed E-state index contributed by atoms with van der Waals surface area (Å²) in [4.78, 5) is 33.0. The third kappa shape index (κ3) is 4.24. The van der Waals surface area contributed by atoms with E-state index in [1.54, 1.807) is 73.7 Å². The van der Waals surface area contributed by atoms with Crippen LogP contribution in [0.25, 0.3) is 0 Å². The van der Waals surface area contributed by atoms with Gasteiger partial charge < -0.3 is 14.4 Å². The Morgan fingerprint density at radius 3 is 2.25 bits per heavy atom. The minimum Gasteiger partial charge on any atom is -0.497 e. The number of benzene rings is 1. The summed E-state index contributed by atoms with van der Waals surface area (Å²) in [6, 6.07) is 10.6. The molecule has 7 nitrogen and oxygen atoms in total. The molecule has 2 amide bonds. The molecular formula is C21H25N3O4. The van der Waals surface area contributed by atoms with E-state index in [9.17, 15) is 9.59 Å². The standard InChI is InChI=1S/C21H25N3O4/c1-23(17-6-9-19(28-3)22-14-17)21(26)24-12-10-16(11-13-24)20(25)15-4-7-18(27-2)8-5-15/h4-9,14,16H,10-13H2,1-3H3. The second-order valence-electron chi connectivity index (χ2n) is 6.75. The predicted molar refractivity (Wildman–Crippen MR) is 106 cm³/mol. The van der Waals surface area contributed by atoms with Crippen molar-refractivity contribution in [3.63, 3.8) is 0 Å². The number of ketones is 1. The van der Waals surface area contributed by atoms with Gasteiger partial charge in [-0.05, 0) is 43.2 Å². The second kappa shape index (κ2) is 8.73. The number of aromatic nitrogens is 1. The van der Waals surface area contributed by atoms with Gasteiger partial charge >= 0.3 is 6.03 Å². The van der Waals surface area contributed by atoms with E-state index in [2.05, 4.69) is 4.98 Å². The number of ether oxygens (including phenoxy) is 2. The van der Waals surface area contributed by atoms with Gasteiger partial charge in [-0.25, -0.2) is 9.78 Å². The van der Waals surface area contributed by atoms with Gasteiger partial charge in [0.2, 0.25) is 5.88 Å². The van der Waals surface area contributed by atoms with Crippen molar-refractivity contribution in [2.45, 2.75) is 12.8 Å². The number of hydrogen-bond donors (Lipinski definition) is 0. The van der Waals surface area contributed by atoms with E-state index in [-0.39, 0.29) is 17.7 Å². The van der Waals surface area contributed by atoms with Crippen LogP contribution in [-0.2, 0) is 0 Å². The maximum atomic E-state index is 12.8. The Morgan fingerprint density at radius 1 is 1.04 bits per heavy atom. The Hall–Kier alpha value is -3.09. The maximum Gasteiger partial charge on any atom is 0.324 e. The Kier molecular flexibility index (Phi) is 6.13. The van der Waals surface area contributed by atoms with Gasteiger partial charge in [0.1, 0.15) is 5.75 Å². The molecule has 0 bridgehead atoms. The van der Waals surface area contributed by atoms with E-state index in [1.165, 1.54) is 0 Å². The maximum absolute atomic E-state index is 12.8. The fourth-order valence-electron chi connectivity index (χ4n) is 3.34. The fourth-order valence-corrected chi connectivity index (χ4v) is 3.34. The molecule has 0 radical (unpaired) electrons. The number of likely N-dealkylation sites (tertiary alicyclic amines) is 1. The lowest BCUT2D eigenvalue weighted by atomic mass is 9.89. The molecule has 1 fully saturated rings. The number of carbonyl (C=O) groups is 2. The molecule has 148 valence electrons. The Balaban J connectivity index is 1.57. The molecule has 0 N–H and O–H groups in total. The molecule has 2 heterocycles. The number of amides is 2. The number of pyridine rings is 1. The molecule has 0 aliphatic carbocycles. The van der Waals surface area contributed by atoms with Crippen LogP contribution in [0.3, 0.4) is 0 Å². The van der Waals surface area contributed by atoms with Gasteiger partial charge in [0.05, 0.1) is 26.1 Å². The van der Waals surface area contributed by atoms with Crippen LogP contribution in [0.4, 0.5) is 10.5 Å². The van der Waals surface area contributed by atoms with Gasteiger partial charge in [0.15, 0.2) is 5.78 Å². The number of urea groups is 1. The predicted octanol–water partition coefficient (Wildman–Crippen LogP) is 3.25. The molecule has 1 aromatic carbocycles. The summed E-state index contributed by atoms with van der Waals surface area (Å²) in [6.07, 6.45) is 2.92. The summed E-state index contributed by atoms with van der Waals surface area (Å²) in [7, 11) is 4.87. The van der Waals surface area contributed by atoms with Crippen LogP contribution < -0.4 is 14.4 Å². The van der Waals surface area contributed by atoms with E-state index in [1.807, 2.05) is 0 Å². The van der Waals surface area contributed by atoms with Crippen molar-refractivity contribution < 1.29 is 19.1 Å². The highest BCUT2D eigenvalue weighted by molar-refractivity contribution is 5.98. The Bertz CT molecular complexity index is 813. The minimum atomic E-state index is -0.0951. The lowest BCUT2D eigenvalue weighted by Gasteiger charge is -2.34. The highest BCUT2D eigenvalue weighted by atomic mass is 16.5. The van der Waals surface area contributed by atoms with Gasteiger partial charge in [-0.3, -0.25) is 9.69 Å². The molecule has 2 aromatic rings. The van der Waals surface area contributed by atoms with Crippen LogP contribution in [0, 0.1) is 5.92 Å². The average Bonchev–Trinajstić information content (AvgIpc) is 2.78. The highest BCUT2D eigenvalue weighted by Crippen LogP contribution is 2.25. The number of anilines is 1. The summed E-state index contributed by atoms with van der Waals surface area (Å²) in [6.45, 7) is 1.11. The summed E-state index contributed by atoms with van der Waals surface area (Å²) < 4.78 is 10.2. The molecule has 0 saturated carbocycles. The molecule has 0 spiro atoms. The van der Waals surface area contributed by atoms with Crippen LogP contribution in [0.2, 0.25) is 0 Å². The van der Waals surface area contributed by atoms with E-state index in [0.29, 0.717) is 43.1 Å². The molecule has 0 unspecified atom stereocenters. The van der Waals surface area contributed by atoms with Gasteiger partial charge in [-0.15, -0.1) is 0 Å². The molecule has 7 heteroatoms. The molecule has 1 aromatic heterocycles. The van der Waals surface area contributed by atoms with Crippen molar-refractivity contribution in [3.05, 3.63) is 48.2 Å². The van der Waals surface area contributed by atoms with Crippen LogP contribution in [-0.4, -0.2) is 56.1 Å². The zero-order chi connectivity index (χ0) is 20.1. The Labute approximate surface area is 164 Å². The second-order valence-corrected chi connectivity index (χ2v) is 6.75. The lowest BCUT2D eigenvalue weighted by molar-refractivity contribution is 0.0857. The number of nitrogens with zero attached hydrogens (tertiary/aromatic N) is 3. The van der Waals surface area contributed by atoms with E-state index < -0.39 is 0 Å². The first-order valence-electron chi connectivity index (χ1n) is 9.24. The third-order valence-electron chi connectivity index (χ3n) is 5.11. The molecule has 1 aliphatic rings. The fraction of sp³-hybridized carbons (Fsp3) is 0.381. The van der Waals surface area contributed by atoms with E-state index in [0.717, 1.165) is 5.75 Å². The van der Waals surface area contributed by atoms with Crippen molar-refractivity contribution in [2.24, 2.45) is 5.92 Å². The quantitative estimate of drug-likeness (QED) is 0.741. The monoisotopic (exact) mass is 383 g/mol. The molecule has 1 saturated heterocycles.